The molecule has 0 amide bonds. The van der Waals surface area contributed by atoms with Crippen LogP contribution >= 0.6 is 0 Å². The van der Waals surface area contributed by atoms with Crippen LogP contribution in [0.25, 0.3) is 0 Å². The topological polar surface area (TPSA) is 27.0 Å². The molecule has 52 valence electrons. The molecule has 0 saturated heterocycles. The monoisotopic (exact) mass is 134 g/mol. The Balaban J connectivity index is 2.76. The van der Waals surface area contributed by atoms with Gasteiger partial charge in [0.15, 0.2) is 0 Å². The van der Waals surface area contributed by atoms with Gasteiger partial charge >= 0.3 is 0 Å². The molecule has 2 heteroatoms. The number of hydrogen-bond donors (Lipinski definition) is 0. The van der Waals surface area contributed by atoms with Crippen LogP contribution in [0, 0.1) is 11.3 Å². The van der Waals surface area contributed by atoms with Crippen molar-refractivity contribution in [2.75, 3.05) is 7.05 Å². The molecule has 0 spiro atoms. The Hall–Kier alpha value is -1.23. The maximum Gasteiger partial charge on any atom is 0.135 e. The van der Waals surface area contributed by atoms with Gasteiger partial charge in [-0.25, -0.2) is 0 Å². The molecule has 0 aromatic carbocycles. The van der Waals surface area contributed by atoms with Crippen LogP contribution in [0.3, 0.4) is 0 Å². The first-order valence-corrected chi connectivity index (χ1v) is 3.22. The first kappa shape index (κ1) is 6.88. The fourth-order valence-corrected chi connectivity index (χ4v) is 0.957. The molecule has 0 radical (unpaired) electrons. The zero-order chi connectivity index (χ0) is 7.56. The van der Waals surface area contributed by atoms with Crippen LogP contribution in [0.15, 0.2) is 23.9 Å². The van der Waals surface area contributed by atoms with Crippen molar-refractivity contribution in [3.05, 3.63) is 23.9 Å². The summed E-state index contributed by atoms with van der Waals surface area (Å²) in [4.78, 5) is 1.90. The smallest absolute Gasteiger partial charge is 0.135 e. The van der Waals surface area contributed by atoms with Crippen molar-refractivity contribution in [1.29, 1.82) is 5.26 Å². The van der Waals surface area contributed by atoms with Crippen molar-refractivity contribution >= 4 is 0 Å². The minimum atomic E-state index is -0.0799. The molecule has 1 aliphatic heterocycles. The molecule has 0 aromatic heterocycles. The summed E-state index contributed by atoms with van der Waals surface area (Å²) in [7, 11) is 1.90. The van der Waals surface area contributed by atoms with E-state index in [1.807, 2.05) is 37.2 Å². The number of likely N-dealkylation sites (N-methyl/N-ethyl adjacent to an activating group) is 1. The Bertz CT molecular complexity index is 220. The zero-order valence-electron chi connectivity index (χ0n) is 6.20. The summed E-state index contributed by atoms with van der Waals surface area (Å²) in [5.41, 5.74) is 1.19. The summed E-state index contributed by atoms with van der Waals surface area (Å²) in [5.74, 6) is 0. The second-order valence-electron chi connectivity index (χ2n) is 2.47. The molecule has 1 unspecified atom stereocenters. The van der Waals surface area contributed by atoms with Gasteiger partial charge < -0.3 is 4.90 Å². The van der Waals surface area contributed by atoms with Crippen LogP contribution in [0.1, 0.15) is 6.92 Å². The summed E-state index contributed by atoms with van der Waals surface area (Å²) in [6.07, 6.45) is 5.83. The summed E-state index contributed by atoms with van der Waals surface area (Å²) in [6, 6.07) is 2.09. The maximum absolute atomic E-state index is 8.58. The SMILES string of the molecule is CC1=CN(C)C(C#N)C=C1. The van der Waals surface area contributed by atoms with Crippen molar-refractivity contribution in [2.45, 2.75) is 13.0 Å². The molecule has 1 atom stereocenters. The number of hydrogen-bond acceptors (Lipinski definition) is 2. The molecule has 0 bridgehead atoms. The van der Waals surface area contributed by atoms with Crippen LogP contribution in [0.2, 0.25) is 0 Å². The zero-order valence-corrected chi connectivity index (χ0v) is 6.20. The molecule has 1 heterocycles. The number of rotatable bonds is 0. The number of nitriles is 1. The summed E-state index contributed by atoms with van der Waals surface area (Å²) in [6.45, 7) is 2.01. The Kier molecular flexibility index (Phi) is 1.77. The van der Waals surface area contributed by atoms with E-state index >= 15 is 0 Å². The molecule has 1 rings (SSSR count). The van der Waals surface area contributed by atoms with Crippen molar-refractivity contribution < 1.29 is 0 Å². The predicted octanol–water partition coefficient (Wildman–Crippen LogP) is 1.28. The Morgan fingerprint density at radius 1 is 1.70 bits per heavy atom. The highest BCUT2D eigenvalue weighted by Crippen LogP contribution is 2.09. The molecular weight excluding hydrogens is 124 g/mol. The highest BCUT2D eigenvalue weighted by atomic mass is 15.1. The highest BCUT2D eigenvalue weighted by molar-refractivity contribution is 5.25. The van der Waals surface area contributed by atoms with Gasteiger partial charge in [0.25, 0.3) is 0 Å². The van der Waals surface area contributed by atoms with Crippen LogP contribution < -0.4 is 0 Å². The molecule has 0 N–H and O–H groups in total. The minimum absolute atomic E-state index is 0.0799. The normalized spacial score (nSPS) is 23.9. The van der Waals surface area contributed by atoms with E-state index in [1.165, 1.54) is 5.57 Å². The van der Waals surface area contributed by atoms with Crippen LogP contribution in [0.4, 0.5) is 0 Å². The first-order chi connectivity index (χ1) is 4.74. The molecule has 0 fully saturated rings. The van der Waals surface area contributed by atoms with Gasteiger partial charge in [-0.2, -0.15) is 5.26 Å². The fourth-order valence-electron chi connectivity index (χ4n) is 0.957. The van der Waals surface area contributed by atoms with Gasteiger partial charge in [0.05, 0.1) is 6.07 Å². The van der Waals surface area contributed by atoms with Crippen LogP contribution in [-0.4, -0.2) is 18.0 Å². The summed E-state index contributed by atoms with van der Waals surface area (Å²) < 4.78 is 0. The maximum atomic E-state index is 8.58. The Morgan fingerprint density at radius 2 is 2.40 bits per heavy atom. The summed E-state index contributed by atoms with van der Waals surface area (Å²) >= 11 is 0. The van der Waals surface area contributed by atoms with E-state index < -0.39 is 0 Å². The van der Waals surface area contributed by atoms with Gasteiger partial charge in [-0.15, -0.1) is 0 Å². The molecular formula is C8H10N2. The minimum Gasteiger partial charge on any atom is -0.362 e. The van der Waals surface area contributed by atoms with E-state index in [0.29, 0.717) is 0 Å². The van der Waals surface area contributed by atoms with Gasteiger partial charge in [0.1, 0.15) is 6.04 Å². The number of allylic oxidation sites excluding steroid dienone is 2. The van der Waals surface area contributed by atoms with Crippen LogP contribution in [0.5, 0.6) is 0 Å². The van der Waals surface area contributed by atoms with Crippen molar-refractivity contribution in [1.82, 2.24) is 4.90 Å². The van der Waals surface area contributed by atoms with E-state index in [-0.39, 0.29) is 6.04 Å². The fraction of sp³-hybridized carbons (Fsp3) is 0.375. The van der Waals surface area contributed by atoms with Gasteiger partial charge in [0, 0.05) is 13.2 Å². The van der Waals surface area contributed by atoms with Gasteiger partial charge in [-0.05, 0) is 18.6 Å². The molecule has 2 nitrogen and oxygen atoms in total. The first-order valence-electron chi connectivity index (χ1n) is 3.22. The van der Waals surface area contributed by atoms with E-state index in [0.717, 1.165) is 0 Å². The molecule has 0 aromatic rings. The Labute approximate surface area is 61.1 Å². The highest BCUT2D eigenvalue weighted by Gasteiger charge is 2.09. The average molecular weight is 134 g/mol. The number of nitrogens with zero attached hydrogens (tertiary/aromatic N) is 2. The third kappa shape index (κ3) is 1.19. The lowest BCUT2D eigenvalue weighted by Crippen LogP contribution is -2.25. The third-order valence-electron chi connectivity index (χ3n) is 1.52. The van der Waals surface area contributed by atoms with Crippen molar-refractivity contribution in [3.63, 3.8) is 0 Å². The van der Waals surface area contributed by atoms with Crippen LogP contribution in [-0.2, 0) is 0 Å². The molecule has 1 aliphatic rings. The van der Waals surface area contributed by atoms with E-state index in [1.54, 1.807) is 0 Å². The van der Waals surface area contributed by atoms with E-state index in [2.05, 4.69) is 6.07 Å². The second kappa shape index (κ2) is 2.57. The predicted molar refractivity (Wildman–Crippen MR) is 40.1 cm³/mol. The molecule has 0 aliphatic carbocycles. The van der Waals surface area contributed by atoms with Gasteiger partial charge in [-0.1, -0.05) is 6.08 Å². The lowest BCUT2D eigenvalue weighted by molar-refractivity contribution is 0.436. The molecule has 10 heavy (non-hydrogen) atoms. The van der Waals surface area contributed by atoms with E-state index in [9.17, 15) is 0 Å². The largest absolute Gasteiger partial charge is 0.362 e. The Morgan fingerprint density at radius 3 is 2.90 bits per heavy atom. The van der Waals surface area contributed by atoms with Crippen molar-refractivity contribution in [3.8, 4) is 6.07 Å². The standard InChI is InChI=1S/C8H10N2/c1-7-3-4-8(5-9)10(2)6-7/h3-4,6,8H,1-2H3. The average Bonchev–Trinajstić information content (AvgIpc) is 1.88. The third-order valence-corrected chi connectivity index (χ3v) is 1.52. The quantitative estimate of drug-likeness (QED) is 0.499. The lowest BCUT2D eigenvalue weighted by Gasteiger charge is -2.21. The molecule has 0 saturated carbocycles. The second-order valence-corrected chi connectivity index (χ2v) is 2.47. The lowest BCUT2D eigenvalue weighted by atomic mass is 10.1. The van der Waals surface area contributed by atoms with Gasteiger partial charge in [-0.3, -0.25) is 0 Å². The van der Waals surface area contributed by atoms with E-state index in [4.69, 9.17) is 5.26 Å². The van der Waals surface area contributed by atoms with Crippen molar-refractivity contribution in [2.24, 2.45) is 0 Å². The van der Waals surface area contributed by atoms with Gasteiger partial charge in [0.2, 0.25) is 0 Å². The summed E-state index contributed by atoms with van der Waals surface area (Å²) in [5, 5.41) is 8.58.